The van der Waals surface area contributed by atoms with Gasteiger partial charge in [0.05, 0.1) is 24.5 Å². The molecule has 1 aliphatic heterocycles. The number of hydrogen-bond donors (Lipinski definition) is 1. The minimum absolute atomic E-state index is 0.0427. The Morgan fingerprint density at radius 3 is 3.05 bits per heavy atom. The van der Waals surface area contributed by atoms with Gasteiger partial charge in [0.25, 0.3) is 0 Å². The first-order valence-corrected chi connectivity index (χ1v) is 9.33. The predicted molar refractivity (Wildman–Crippen MR) is 79.0 cm³/mol. The summed E-state index contributed by atoms with van der Waals surface area (Å²) < 4.78 is 34.4. The second-order valence-electron chi connectivity index (χ2n) is 5.21. The third kappa shape index (κ3) is 2.19. The van der Waals surface area contributed by atoms with Crippen molar-refractivity contribution in [3.63, 3.8) is 0 Å². The van der Waals surface area contributed by atoms with Gasteiger partial charge < -0.3 is 15.4 Å². The lowest BCUT2D eigenvalue weighted by molar-refractivity contribution is 0.0257. The molecule has 3 rings (SSSR count). The van der Waals surface area contributed by atoms with Crippen LogP contribution in [0.1, 0.15) is 26.2 Å². The van der Waals surface area contributed by atoms with Crippen LogP contribution >= 0.6 is 11.5 Å². The van der Waals surface area contributed by atoms with E-state index in [4.69, 9.17) is 10.5 Å². The summed E-state index contributed by atoms with van der Waals surface area (Å²) in [4.78, 5) is 2.37. The maximum atomic E-state index is 12.3. The van der Waals surface area contributed by atoms with Gasteiger partial charge in [-0.2, -0.15) is 4.37 Å². The lowest BCUT2D eigenvalue weighted by atomic mass is 10.1. The summed E-state index contributed by atoms with van der Waals surface area (Å²) in [7, 11) is -3.35. The van der Waals surface area contributed by atoms with E-state index in [1.54, 1.807) is 6.92 Å². The Morgan fingerprint density at radius 2 is 2.30 bits per heavy atom. The quantitative estimate of drug-likeness (QED) is 0.904. The Labute approximate surface area is 123 Å². The fraction of sp³-hybridized carbons (Fsp3) is 0.750. The molecule has 8 heteroatoms. The molecular weight excluding hydrogens is 298 g/mol. The second-order valence-corrected chi connectivity index (χ2v) is 8.17. The molecule has 2 aliphatic rings. The molecule has 1 saturated heterocycles. The van der Waals surface area contributed by atoms with Crippen molar-refractivity contribution >= 4 is 32.2 Å². The lowest BCUT2D eigenvalue weighted by Crippen LogP contribution is -2.48. The highest BCUT2D eigenvalue weighted by molar-refractivity contribution is 7.91. The van der Waals surface area contributed by atoms with E-state index in [1.807, 2.05) is 0 Å². The van der Waals surface area contributed by atoms with Gasteiger partial charge >= 0.3 is 0 Å². The molecule has 0 radical (unpaired) electrons. The third-order valence-corrected chi connectivity index (χ3v) is 6.90. The lowest BCUT2D eigenvalue weighted by Gasteiger charge is -2.38. The summed E-state index contributed by atoms with van der Waals surface area (Å²) >= 11 is 1.19. The van der Waals surface area contributed by atoms with Gasteiger partial charge in [0.2, 0.25) is 0 Å². The van der Waals surface area contributed by atoms with Crippen molar-refractivity contribution in [2.24, 2.45) is 0 Å². The summed E-state index contributed by atoms with van der Waals surface area (Å²) in [5.41, 5.74) is 5.81. The summed E-state index contributed by atoms with van der Waals surface area (Å²) in [6, 6.07) is 0.259. The van der Waals surface area contributed by atoms with Gasteiger partial charge in [-0.1, -0.05) is 6.92 Å². The molecule has 1 aromatic rings. The van der Waals surface area contributed by atoms with E-state index in [-0.39, 0.29) is 28.6 Å². The maximum absolute atomic E-state index is 12.3. The fourth-order valence-corrected chi connectivity index (χ4v) is 5.46. The van der Waals surface area contributed by atoms with Crippen LogP contribution in [0.15, 0.2) is 4.90 Å². The zero-order valence-corrected chi connectivity index (χ0v) is 13.0. The summed E-state index contributed by atoms with van der Waals surface area (Å²) in [5, 5.41) is 0.699. The van der Waals surface area contributed by atoms with E-state index in [1.165, 1.54) is 11.5 Å². The molecule has 1 aromatic heterocycles. The monoisotopic (exact) mass is 317 g/mol. The Balaban J connectivity index is 2.02. The van der Waals surface area contributed by atoms with Crippen LogP contribution in [0.3, 0.4) is 0 Å². The molecule has 0 spiro atoms. The van der Waals surface area contributed by atoms with Gasteiger partial charge in [0, 0.05) is 6.54 Å². The largest absolute Gasteiger partial charge is 0.382 e. The Kier molecular flexibility index (Phi) is 3.64. The van der Waals surface area contributed by atoms with Crippen molar-refractivity contribution in [2.75, 3.05) is 29.5 Å². The van der Waals surface area contributed by atoms with E-state index in [9.17, 15) is 8.42 Å². The number of nitrogens with two attached hydrogens (primary N) is 1. The first-order valence-electron chi connectivity index (χ1n) is 6.90. The van der Waals surface area contributed by atoms with Crippen molar-refractivity contribution < 1.29 is 13.2 Å². The van der Waals surface area contributed by atoms with Gasteiger partial charge in [0.15, 0.2) is 15.7 Å². The molecule has 0 amide bonds. The number of rotatable bonds is 3. The van der Waals surface area contributed by atoms with Gasteiger partial charge in [-0.05, 0) is 30.8 Å². The zero-order valence-electron chi connectivity index (χ0n) is 11.4. The number of sulfone groups is 1. The molecule has 112 valence electrons. The van der Waals surface area contributed by atoms with Crippen LogP contribution in [-0.4, -0.2) is 43.8 Å². The molecule has 2 N–H and O–H groups in total. The second kappa shape index (κ2) is 5.16. The number of fused-ring (bicyclic) bond motifs is 1. The number of aromatic nitrogens is 1. The SMILES string of the molecule is CCS(=O)(=O)c1c(N)nsc1N1CCOC2CCCC21. The molecule has 2 unspecified atom stereocenters. The topological polar surface area (TPSA) is 85.5 Å². The van der Waals surface area contributed by atoms with Gasteiger partial charge in [0.1, 0.15) is 9.90 Å². The Bertz CT molecular complexity index is 599. The number of morpholine rings is 1. The van der Waals surface area contributed by atoms with Crippen LogP contribution in [0.25, 0.3) is 0 Å². The van der Waals surface area contributed by atoms with E-state index in [0.717, 1.165) is 19.3 Å². The molecule has 20 heavy (non-hydrogen) atoms. The highest BCUT2D eigenvalue weighted by Gasteiger charge is 2.39. The molecule has 1 saturated carbocycles. The molecule has 2 heterocycles. The Morgan fingerprint density at radius 1 is 1.50 bits per heavy atom. The van der Waals surface area contributed by atoms with Crippen molar-refractivity contribution in [3.8, 4) is 0 Å². The number of nitrogens with zero attached hydrogens (tertiary/aromatic N) is 2. The maximum Gasteiger partial charge on any atom is 0.184 e. The van der Waals surface area contributed by atoms with Crippen LogP contribution in [0.5, 0.6) is 0 Å². The smallest absolute Gasteiger partial charge is 0.184 e. The summed E-state index contributed by atoms with van der Waals surface area (Å²) in [5.74, 6) is 0.175. The Hall–Kier alpha value is -0.860. The highest BCUT2D eigenvalue weighted by Crippen LogP contribution is 2.40. The first-order chi connectivity index (χ1) is 9.54. The molecular formula is C12H19N3O3S2. The molecule has 0 bridgehead atoms. The minimum atomic E-state index is -3.35. The summed E-state index contributed by atoms with van der Waals surface area (Å²) in [6.07, 6.45) is 3.42. The average Bonchev–Trinajstić information content (AvgIpc) is 3.04. The summed E-state index contributed by atoms with van der Waals surface area (Å²) in [6.45, 7) is 2.97. The number of ether oxygens (including phenoxy) is 1. The zero-order chi connectivity index (χ0) is 14.3. The molecule has 2 atom stereocenters. The van der Waals surface area contributed by atoms with Gasteiger partial charge in [-0.15, -0.1) is 0 Å². The molecule has 2 fully saturated rings. The number of hydrogen-bond acceptors (Lipinski definition) is 7. The van der Waals surface area contributed by atoms with Gasteiger partial charge in [-0.3, -0.25) is 0 Å². The van der Waals surface area contributed by atoms with E-state index in [0.29, 0.717) is 18.2 Å². The number of nitrogen functional groups attached to an aromatic ring is 1. The standard InChI is InChI=1S/C12H19N3O3S2/c1-2-20(16,17)10-11(13)14-19-12(10)15-6-7-18-9-5-3-4-8(9)15/h8-9H,2-7H2,1H3,(H2,13,14). The first kappa shape index (κ1) is 14.1. The van der Waals surface area contributed by atoms with Crippen molar-refractivity contribution in [3.05, 3.63) is 0 Å². The van der Waals surface area contributed by atoms with E-state index in [2.05, 4.69) is 9.27 Å². The molecule has 1 aliphatic carbocycles. The highest BCUT2D eigenvalue weighted by atomic mass is 32.2. The minimum Gasteiger partial charge on any atom is -0.382 e. The normalized spacial score (nSPS) is 26.8. The van der Waals surface area contributed by atoms with Crippen LogP contribution in [0.4, 0.5) is 10.8 Å². The third-order valence-electron chi connectivity index (χ3n) is 4.09. The fourth-order valence-electron chi connectivity index (χ4n) is 3.08. The van der Waals surface area contributed by atoms with Crippen LogP contribution < -0.4 is 10.6 Å². The molecule has 6 nitrogen and oxygen atoms in total. The van der Waals surface area contributed by atoms with E-state index < -0.39 is 9.84 Å². The van der Waals surface area contributed by atoms with Crippen LogP contribution in [0, 0.1) is 0 Å². The van der Waals surface area contributed by atoms with Crippen molar-refractivity contribution in [1.82, 2.24) is 4.37 Å². The van der Waals surface area contributed by atoms with E-state index >= 15 is 0 Å². The number of anilines is 2. The van der Waals surface area contributed by atoms with Crippen molar-refractivity contribution in [1.29, 1.82) is 0 Å². The van der Waals surface area contributed by atoms with Crippen LogP contribution in [0.2, 0.25) is 0 Å². The van der Waals surface area contributed by atoms with Gasteiger partial charge in [-0.25, -0.2) is 8.42 Å². The predicted octanol–water partition coefficient (Wildman–Crippen LogP) is 1.28. The van der Waals surface area contributed by atoms with Crippen LogP contribution in [-0.2, 0) is 14.6 Å². The average molecular weight is 317 g/mol. The molecule has 0 aromatic carbocycles. The van der Waals surface area contributed by atoms with Crippen molar-refractivity contribution in [2.45, 2.75) is 43.2 Å².